The van der Waals surface area contributed by atoms with E-state index in [0.717, 1.165) is 0 Å². The van der Waals surface area contributed by atoms with E-state index in [4.69, 9.17) is 9.84 Å². The first-order valence-corrected chi connectivity index (χ1v) is 7.27. The van der Waals surface area contributed by atoms with Crippen LogP contribution in [0.3, 0.4) is 0 Å². The first-order valence-electron chi connectivity index (χ1n) is 5.83. The largest absolute Gasteiger partial charge is 0.477 e. The maximum Gasteiger partial charge on any atom is 0.352 e. The van der Waals surface area contributed by atoms with Crippen LogP contribution in [0, 0.1) is 0 Å². The van der Waals surface area contributed by atoms with E-state index in [0.29, 0.717) is 13.2 Å². The van der Waals surface area contributed by atoms with Gasteiger partial charge in [-0.25, -0.2) is 13.2 Å². The number of aromatic carboxylic acids is 1. The SMILES string of the molecule is C[C@@H]1COCCN1S(=O)(=O)c1cc(C(=O)O)n(C)c1. The predicted octanol–water partition coefficient (Wildman–Crippen LogP) is 0.133. The Bertz CT molecular complexity index is 592. The van der Waals surface area contributed by atoms with Gasteiger partial charge in [-0.2, -0.15) is 4.31 Å². The first-order chi connectivity index (χ1) is 8.84. The van der Waals surface area contributed by atoms with Gasteiger partial charge >= 0.3 is 5.97 Å². The zero-order valence-electron chi connectivity index (χ0n) is 10.7. The molecular formula is C11H16N2O5S. The quantitative estimate of drug-likeness (QED) is 0.854. The van der Waals surface area contributed by atoms with Gasteiger partial charge in [-0.05, 0) is 13.0 Å². The average Bonchev–Trinajstić information content (AvgIpc) is 2.72. The van der Waals surface area contributed by atoms with Crippen LogP contribution >= 0.6 is 0 Å². The highest BCUT2D eigenvalue weighted by atomic mass is 32.2. The lowest BCUT2D eigenvalue weighted by Crippen LogP contribution is -2.46. The van der Waals surface area contributed by atoms with E-state index < -0.39 is 16.0 Å². The lowest BCUT2D eigenvalue weighted by atomic mass is 10.3. The molecule has 106 valence electrons. The van der Waals surface area contributed by atoms with Gasteiger partial charge in [-0.3, -0.25) is 0 Å². The van der Waals surface area contributed by atoms with Crippen molar-refractivity contribution in [1.29, 1.82) is 0 Å². The second-order valence-corrected chi connectivity index (χ2v) is 6.41. The van der Waals surface area contributed by atoms with Crippen molar-refractivity contribution in [3.05, 3.63) is 18.0 Å². The number of carboxylic acids is 1. The summed E-state index contributed by atoms with van der Waals surface area (Å²) in [4.78, 5) is 11.0. The number of morpholine rings is 1. The van der Waals surface area contributed by atoms with Crippen molar-refractivity contribution < 1.29 is 23.1 Å². The fourth-order valence-corrected chi connectivity index (χ4v) is 3.76. The molecule has 1 aromatic rings. The summed E-state index contributed by atoms with van der Waals surface area (Å²) in [5.74, 6) is -1.15. The highest BCUT2D eigenvalue weighted by Gasteiger charge is 2.33. The van der Waals surface area contributed by atoms with E-state index in [-0.39, 0.29) is 23.2 Å². The summed E-state index contributed by atoms with van der Waals surface area (Å²) >= 11 is 0. The van der Waals surface area contributed by atoms with E-state index in [1.807, 2.05) is 0 Å². The van der Waals surface area contributed by atoms with Crippen LogP contribution in [0.15, 0.2) is 17.2 Å². The lowest BCUT2D eigenvalue weighted by molar-refractivity contribution is 0.0393. The summed E-state index contributed by atoms with van der Waals surface area (Å²) in [6, 6.07) is 0.923. The Morgan fingerprint density at radius 3 is 2.74 bits per heavy atom. The number of hydrogen-bond acceptors (Lipinski definition) is 4. The normalized spacial score (nSPS) is 21.5. The molecule has 7 nitrogen and oxygen atoms in total. The Balaban J connectivity index is 2.39. The molecule has 2 heterocycles. The van der Waals surface area contributed by atoms with Crippen LogP contribution in [0.25, 0.3) is 0 Å². The summed E-state index contributed by atoms with van der Waals surface area (Å²) < 4.78 is 32.7. The van der Waals surface area contributed by atoms with Gasteiger partial charge in [0.2, 0.25) is 10.0 Å². The predicted molar refractivity (Wildman–Crippen MR) is 66.5 cm³/mol. The number of ether oxygens (including phenoxy) is 1. The van der Waals surface area contributed by atoms with Crippen molar-refractivity contribution in [1.82, 2.24) is 8.87 Å². The van der Waals surface area contributed by atoms with Gasteiger partial charge in [0.15, 0.2) is 0 Å². The molecule has 19 heavy (non-hydrogen) atoms. The number of carboxylic acid groups (broad SMARTS) is 1. The number of carbonyl (C=O) groups is 1. The Labute approximate surface area is 111 Å². The van der Waals surface area contributed by atoms with Crippen LogP contribution in [0.2, 0.25) is 0 Å². The number of aromatic nitrogens is 1. The number of aryl methyl sites for hydroxylation is 1. The molecule has 1 aliphatic heterocycles. The van der Waals surface area contributed by atoms with Crippen molar-refractivity contribution in [2.24, 2.45) is 7.05 Å². The minimum absolute atomic E-state index is 0.00106. The molecule has 8 heteroatoms. The van der Waals surface area contributed by atoms with Crippen molar-refractivity contribution in [2.75, 3.05) is 19.8 Å². The molecule has 1 N–H and O–H groups in total. The molecule has 2 rings (SSSR count). The molecule has 0 saturated carbocycles. The molecule has 1 aromatic heterocycles. The van der Waals surface area contributed by atoms with Crippen LogP contribution < -0.4 is 0 Å². The van der Waals surface area contributed by atoms with Crippen molar-refractivity contribution in [2.45, 2.75) is 17.9 Å². The van der Waals surface area contributed by atoms with E-state index >= 15 is 0 Å². The second-order valence-electron chi connectivity index (χ2n) is 4.52. The molecule has 0 unspecified atom stereocenters. The van der Waals surface area contributed by atoms with Gasteiger partial charge in [0.25, 0.3) is 0 Å². The fraction of sp³-hybridized carbons (Fsp3) is 0.545. The van der Waals surface area contributed by atoms with Gasteiger partial charge in [-0.15, -0.1) is 0 Å². The van der Waals surface area contributed by atoms with E-state index in [1.165, 1.54) is 28.2 Å². The Hall–Kier alpha value is -1.38. The van der Waals surface area contributed by atoms with E-state index in [2.05, 4.69) is 0 Å². The van der Waals surface area contributed by atoms with Crippen LogP contribution in [0.5, 0.6) is 0 Å². The van der Waals surface area contributed by atoms with Gasteiger partial charge < -0.3 is 14.4 Å². The highest BCUT2D eigenvalue weighted by molar-refractivity contribution is 7.89. The fourth-order valence-electron chi connectivity index (χ4n) is 2.09. The average molecular weight is 288 g/mol. The Kier molecular flexibility index (Phi) is 3.66. The summed E-state index contributed by atoms with van der Waals surface area (Å²) in [6.45, 7) is 2.73. The monoisotopic (exact) mass is 288 g/mol. The number of sulfonamides is 1. The smallest absolute Gasteiger partial charge is 0.352 e. The third kappa shape index (κ3) is 2.51. The van der Waals surface area contributed by atoms with Crippen LogP contribution in [0.1, 0.15) is 17.4 Å². The highest BCUT2D eigenvalue weighted by Crippen LogP contribution is 2.22. The zero-order valence-corrected chi connectivity index (χ0v) is 11.6. The van der Waals surface area contributed by atoms with Gasteiger partial charge in [-0.1, -0.05) is 0 Å². The topological polar surface area (TPSA) is 88.8 Å². The van der Waals surface area contributed by atoms with E-state index in [9.17, 15) is 13.2 Å². The zero-order chi connectivity index (χ0) is 14.2. The first kappa shape index (κ1) is 14.0. The Morgan fingerprint density at radius 1 is 1.53 bits per heavy atom. The molecule has 0 radical (unpaired) electrons. The summed E-state index contributed by atoms with van der Waals surface area (Å²) in [5, 5.41) is 8.96. The minimum Gasteiger partial charge on any atom is -0.477 e. The van der Waals surface area contributed by atoms with Gasteiger partial charge in [0, 0.05) is 25.8 Å². The van der Waals surface area contributed by atoms with Crippen LogP contribution in [-0.4, -0.2) is 54.2 Å². The number of rotatable bonds is 3. The van der Waals surface area contributed by atoms with Gasteiger partial charge in [0.05, 0.1) is 13.2 Å². The summed E-state index contributed by atoms with van der Waals surface area (Å²) in [5.41, 5.74) is -0.0560. The van der Waals surface area contributed by atoms with Crippen molar-refractivity contribution in [3.8, 4) is 0 Å². The lowest BCUT2D eigenvalue weighted by Gasteiger charge is -2.31. The molecule has 1 saturated heterocycles. The maximum absolute atomic E-state index is 12.4. The van der Waals surface area contributed by atoms with E-state index in [1.54, 1.807) is 6.92 Å². The van der Waals surface area contributed by atoms with Crippen molar-refractivity contribution >= 4 is 16.0 Å². The molecule has 0 bridgehead atoms. The molecular weight excluding hydrogens is 272 g/mol. The number of hydrogen-bond donors (Lipinski definition) is 1. The molecule has 0 aromatic carbocycles. The summed E-state index contributed by atoms with van der Waals surface area (Å²) in [7, 11) is -2.17. The molecule has 1 aliphatic rings. The third-order valence-electron chi connectivity index (χ3n) is 3.11. The molecule has 1 atom stereocenters. The minimum atomic E-state index is -3.68. The molecule has 0 amide bonds. The van der Waals surface area contributed by atoms with Gasteiger partial charge in [0.1, 0.15) is 10.6 Å². The molecule has 0 aliphatic carbocycles. The molecule has 0 spiro atoms. The van der Waals surface area contributed by atoms with Crippen LogP contribution in [0.4, 0.5) is 0 Å². The van der Waals surface area contributed by atoms with Crippen molar-refractivity contribution in [3.63, 3.8) is 0 Å². The number of nitrogens with zero attached hydrogens (tertiary/aromatic N) is 2. The maximum atomic E-state index is 12.4. The van der Waals surface area contributed by atoms with Crippen LogP contribution in [-0.2, 0) is 21.8 Å². The third-order valence-corrected chi connectivity index (χ3v) is 5.09. The Morgan fingerprint density at radius 2 is 2.21 bits per heavy atom. The molecule has 1 fully saturated rings. The second kappa shape index (κ2) is 4.95. The summed E-state index contributed by atoms with van der Waals surface area (Å²) in [6.07, 6.45) is 1.32. The standard InChI is InChI=1S/C11H16N2O5S/c1-8-7-18-4-3-13(8)19(16,17)9-5-10(11(14)15)12(2)6-9/h5-6,8H,3-4,7H2,1-2H3,(H,14,15)/t8-/m1/s1.